The third-order valence-electron chi connectivity index (χ3n) is 3.40. The van der Waals surface area contributed by atoms with Crippen LogP contribution in [0.3, 0.4) is 0 Å². The first-order chi connectivity index (χ1) is 9.51. The average molecular weight is 279 g/mol. The van der Waals surface area contributed by atoms with E-state index in [1.807, 2.05) is 6.92 Å². The summed E-state index contributed by atoms with van der Waals surface area (Å²) in [7, 11) is 1.36. The Morgan fingerprint density at radius 3 is 2.90 bits per heavy atom. The molecule has 2 rings (SSSR count). The zero-order valence-electron chi connectivity index (χ0n) is 11.5. The second kappa shape index (κ2) is 5.77. The molecule has 0 aromatic heterocycles. The fourth-order valence-corrected chi connectivity index (χ4v) is 2.32. The smallest absolute Gasteiger partial charge is 0.409 e. The van der Waals surface area contributed by atoms with Crippen LogP contribution in [-0.4, -0.2) is 42.2 Å². The Morgan fingerprint density at radius 1 is 1.55 bits per heavy atom. The van der Waals surface area contributed by atoms with E-state index in [4.69, 9.17) is 0 Å². The van der Waals surface area contributed by atoms with Gasteiger partial charge in [0.15, 0.2) is 0 Å². The molecule has 108 valence electrons. The Labute approximate surface area is 116 Å². The largest absolute Gasteiger partial charge is 0.453 e. The van der Waals surface area contributed by atoms with E-state index < -0.39 is 4.92 Å². The molecule has 1 N–H and O–H groups in total. The minimum Gasteiger partial charge on any atom is -0.453 e. The van der Waals surface area contributed by atoms with Crippen molar-refractivity contribution in [1.82, 2.24) is 4.90 Å². The Hall–Kier alpha value is -2.31. The number of amides is 1. The molecule has 0 bridgehead atoms. The zero-order chi connectivity index (χ0) is 14.7. The zero-order valence-corrected chi connectivity index (χ0v) is 11.5. The molecule has 1 aliphatic heterocycles. The van der Waals surface area contributed by atoms with Gasteiger partial charge in [-0.25, -0.2) is 4.79 Å². The summed E-state index contributed by atoms with van der Waals surface area (Å²) in [5, 5.41) is 14.0. The van der Waals surface area contributed by atoms with Crippen LogP contribution in [-0.2, 0) is 4.74 Å². The summed E-state index contributed by atoms with van der Waals surface area (Å²) in [6.07, 6.45) is 0.501. The third kappa shape index (κ3) is 2.98. The first kappa shape index (κ1) is 14.1. The van der Waals surface area contributed by atoms with Crippen molar-refractivity contribution in [3.05, 3.63) is 33.9 Å². The molecule has 1 heterocycles. The maximum absolute atomic E-state index is 11.4. The summed E-state index contributed by atoms with van der Waals surface area (Å²) in [5.41, 5.74) is 1.75. The first-order valence-electron chi connectivity index (χ1n) is 6.35. The van der Waals surface area contributed by atoms with Gasteiger partial charge in [-0.2, -0.15) is 0 Å². The van der Waals surface area contributed by atoms with Gasteiger partial charge in [-0.05, 0) is 25.0 Å². The van der Waals surface area contributed by atoms with Crippen LogP contribution in [0.25, 0.3) is 0 Å². The van der Waals surface area contributed by atoms with Crippen LogP contribution in [0.15, 0.2) is 18.2 Å². The number of non-ortho nitro benzene ring substituents is 1. The second-order valence-electron chi connectivity index (χ2n) is 4.80. The Kier molecular flexibility index (Phi) is 4.07. The number of nitro benzene ring substituents is 1. The van der Waals surface area contributed by atoms with Gasteiger partial charge >= 0.3 is 6.09 Å². The van der Waals surface area contributed by atoms with Crippen molar-refractivity contribution in [3.8, 4) is 0 Å². The van der Waals surface area contributed by atoms with Crippen LogP contribution in [0.1, 0.15) is 12.0 Å². The number of nitrogens with one attached hydrogen (secondary N) is 1. The fraction of sp³-hybridized carbons (Fsp3) is 0.462. The van der Waals surface area contributed by atoms with E-state index in [9.17, 15) is 14.9 Å². The number of carbonyl (C=O) groups excluding carboxylic acids is 1. The molecule has 1 saturated heterocycles. The lowest BCUT2D eigenvalue weighted by Crippen LogP contribution is -2.31. The van der Waals surface area contributed by atoms with E-state index in [-0.39, 0.29) is 17.8 Å². The second-order valence-corrected chi connectivity index (χ2v) is 4.80. The van der Waals surface area contributed by atoms with Crippen LogP contribution >= 0.6 is 0 Å². The van der Waals surface area contributed by atoms with Crippen LogP contribution < -0.4 is 5.32 Å². The Bertz CT molecular complexity index is 532. The molecular weight excluding hydrogens is 262 g/mol. The summed E-state index contributed by atoms with van der Waals surface area (Å²) < 4.78 is 4.68. The number of likely N-dealkylation sites (tertiary alicyclic amines) is 1. The van der Waals surface area contributed by atoms with Crippen molar-refractivity contribution in [2.75, 3.05) is 25.5 Å². The van der Waals surface area contributed by atoms with Crippen molar-refractivity contribution in [1.29, 1.82) is 0 Å². The molecule has 0 saturated carbocycles. The predicted molar refractivity (Wildman–Crippen MR) is 73.8 cm³/mol. The number of benzene rings is 1. The summed E-state index contributed by atoms with van der Waals surface area (Å²) >= 11 is 0. The summed E-state index contributed by atoms with van der Waals surface area (Å²) in [5.74, 6) is 0. The molecule has 1 aromatic carbocycles. The van der Waals surface area contributed by atoms with Crippen LogP contribution in [0.4, 0.5) is 16.2 Å². The minimum atomic E-state index is -0.411. The van der Waals surface area contributed by atoms with E-state index in [0.29, 0.717) is 13.1 Å². The van der Waals surface area contributed by atoms with Gasteiger partial charge in [-0.3, -0.25) is 10.1 Å². The average Bonchev–Trinajstić information content (AvgIpc) is 2.88. The summed E-state index contributed by atoms with van der Waals surface area (Å²) in [6, 6.07) is 4.85. The highest BCUT2D eigenvalue weighted by molar-refractivity contribution is 5.68. The van der Waals surface area contributed by atoms with Gasteiger partial charge in [0.1, 0.15) is 0 Å². The van der Waals surface area contributed by atoms with Gasteiger partial charge in [0, 0.05) is 37.0 Å². The van der Waals surface area contributed by atoms with E-state index in [0.717, 1.165) is 17.7 Å². The van der Waals surface area contributed by atoms with Crippen LogP contribution in [0.2, 0.25) is 0 Å². The van der Waals surface area contributed by atoms with Crippen molar-refractivity contribution in [3.63, 3.8) is 0 Å². The Balaban J connectivity index is 2.01. The lowest BCUT2D eigenvalue weighted by Gasteiger charge is -2.17. The lowest BCUT2D eigenvalue weighted by atomic mass is 10.1. The SMILES string of the molecule is COC(=O)N1CCC(Nc2ccc([N+](=O)[O-])cc2C)C1. The van der Waals surface area contributed by atoms with Crippen LogP contribution in [0, 0.1) is 17.0 Å². The topological polar surface area (TPSA) is 84.7 Å². The number of carbonyl (C=O) groups is 1. The standard InChI is InChI=1S/C13H17N3O4/c1-9-7-11(16(18)19)3-4-12(9)14-10-5-6-15(8-10)13(17)20-2/h3-4,7,10,14H,5-6,8H2,1-2H3. The van der Waals surface area contributed by atoms with E-state index in [2.05, 4.69) is 10.1 Å². The molecule has 7 heteroatoms. The number of anilines is 1. The normalized spacial score (nSPS) is 17.9. The Morgan fingerprint density at radius 2 is 2.30 bits per heavy atom. The summed E-state index contributed by atoms with van der Waals surface area (Å²) in [4.78, 5) is 23.3. The molecular formula is C13H17N3O4. The third-order valence-corrected chi connectivity index (χ3v) is 3.40. The molecule has 0 radical (unpaired) electrons. The number of ether oxygens (including phenoxy) is 1. The molecule has 20 heavy (non-hydrogen) atoms. The number of hydrogen-bond donors (Lipinski definition) is 1. The molecule has 1 aromatic rings. The van der Waals surface area contributed by atoms with E-state index in [1.54, 1.807) is 11.0 Å². The minimum absolute atomic E-state index is 0.0793. The number of hydrogen-bond acceptors (Lipinski definition) is 5. The molecule has 1 fully saturated rings. The number of nitrogens with zero attached hydrogens (tertiary/aromatic N) is 2. The highest BCUT2D eigenvalue weighted by Crippen LogP contribution is 2.23. The highest BCUT2D eigenvalue weighted by atomic mass is 16.6. The van der Waals surface area contributed by atoms with E-state index in [1.165, 1.54) is 19.2 Å². The molecule has 1 atom stereocenters. The fourth-order valence-electron chi connectivity index (χ4n) is 2.32. The van der Waals surface area contributed by atoms with Gasteiger partial charge in [0.05, 0.1) is 12.0 Å². The van der Waals surface area contributed by atoms with Gasteiger partial charge < -0.3 is 15.0 Å². The number of rotatable bonds is 3. The maximum atomic E-state index is 11.4. The number of methoxy groups -OCH3 is 1. The number of aryl methyl sites for hydroxylation is 1. The molecule has 0 aliphatic carbocycles. The van der Waals surface area contributed by atoms with Crippen molar-refractivity contribution in [2.24, 2.45) is 0 Å². The monoisotopic (exact) mass is 279 g/mol. The quantitative estimate of drug-likeness (QED) is 0.677. The molecule has 7 nitrogen and oxygen atoms in total. The molecule has 1 aliphatic rings. The molecule has 1 amide bonds. The van der Waals surface area contributed by atoms with E-state index >= 15 is 0 Å². The van der Waals surface area contributed by atoms with Crippen molar-refractivity contribution < 1.29 is 14.5 Å². The van der Waals surface area contributed by atoms with Gasteiger partial charge in [-0.1, -0.05) is 0 Å². The van der Waals surface area contributed by atoms with Gasteiger partial charge in [0.25, 0.3) is 5.69 Å². The first-order valence-corrected chi connectivity index (χ1v) is 6.35. The predicted octanol–water partition coefficient (Wildman–Crippen LogP) is 2.16. The van der Waals surface area contributed by atoms with Crippen molar-refractivity contribution in [2.45, 2.75) is 19.4 Å². The van der Waals surface area contributed by atoms with Crippen molar-refractivity contribution >= 4 is 17.5 Å². The maximum Gasteiger partial charge on any atom is 0.409 e. The van der Waals surface area contributed by atoms with Gasteiger partial charge in [-0.15, -0.1) is 0 Å². The molecule has 1 unspecified atom stereocenters. The molecule has 0 spiro atoms. The lowest BCUT2D eigenvalue weighted by molar-refractivity contribution is -0.384. The number of nitro groups is 1. The van der Waals surface area contributed by atoms with Gasteiger partial charge in [0.2, 0.25) is 0 Å². The van der Waals surface area contributed by atoms with Crippen LogP contribution in [0.5, 0.6) is 0 Å². The highest BCUT2D eigenvalue weighted by Gasteiger charge is 2.26. The summed E-state index contributed by atoms with van der Waals surface area (Å²) in [6.45, 7) is 3.04.